The van der Waals surface area contributed by atoms with Crippen LogP contribution in [0.2, 0.25) is 0 Å². The van der Waals surface area contributed by atoms with Crippen LogP contribution in [0.15, 0.2) is 24.3 Å². The molecule has 0 atom stereocenters. The number of aromatic nitrogens is 4. The molecule has 0 radical (unpaired) electrons. The lowest BCUT2D eigenvalue weighted by molar-refractivity contribution is 0.528. The molecular formula is C18H22N5+. The Morgan fingerprint density at radius 3 is 2.39 bits per heavy atom. The Balaban J connectivity index is 2.12. The highest BCUT2D eigenvalue weighted by atomic mass is 15.4. The van der Waals surface area contributed by atoms with Crippen molar-refractivity contribution in [3.05, 3.63) is 35.8 Å². The van der Waals surface area contributed by atoms with Crippen molar-refractivity contribution >= 4 is 28.5 Å². The monoisotopic (exact) mass is 308 g/mol. The maximum Gasteiger partial charge on any atom is 0.360 e. The molecule has 0 unspecified atom stereocenters. The summed E-state index contributed by atoms with van der Waals surface area (Å²) in [5.41, 5.74) is 4.36. The number of fused-ring (bicyclic) bond motifs is 3. The molecule has 4 rings (SSSR count). The highest BCUT2D eigenvalue weighted by Gasteiger charge is 2.45. The third-order valence-electron chi connectivity index (χ3n) is 5.19. The van der Waals surface area contributed by atoms with Crippen molar-refractivity contribution in [1.82, 2.24) is 23.7 Å². The maximum absolute atomic E-state index is 4.92. The predicted octanol–water partition coefficient (Wildman–Crippen LogP) is 3.43. The molecule has 2 aromatic heterocycles. The summed E-state index contributed by atoms with van der Waals surface area (Å²) >= 11 is 0. The summed E-state index contributed by atoms with van der Waals surface area (Å²) in [5.74, 6) is 3.08. The number of benzene rings is 1. The van der Waals surface area contributed by atoms with Crippen LogP contribution in [0.1, 0.15) is 32.3 Å². The second-order valence-electron chi connectivity index (χ2n) is 6.84. The summed E-state index contributed by atoms with van der Waals surface area (Å²) in [6, 6.07) is 8.33. The highest BCUT2D eigenvalue weighted by Crippen LogP contribution is 2.39. The molecule has 0 N–H and O–H groups in total. The quantitative estimate of drug-likeness (QED) is 0.646. The lowest BCUT2D eigenvalue weighted by atomic mass is 9.99. The van der Waals surface area contributed by atoms with E-state index in [-0.39, 0.29) is 5.54 Å². The molecular weight excluding hydrogens is 286 g/mol. The zero-order valence-corrected chi connectivity index (χ0v) is 14.5. The van der Waals surface area contributed by atoms with Gasteiger partial charge < -0.3 is 0 Å². The molecule has 0 amide bonds. The van der Waals surface area contributed by atoms with Crippen molar-refractivity contribution in [2.75, 3.05) is 0 Å². The normalized spacial score (nSPS) is 16.4. The van der Waals surface area contributed by atoms with Crippen molar-refractivity contribution in [2.45, 2.75) is 40.2 Å². The minimum absolute atomic E-state index is 0.129. The Hall–Kier alpha value is -2.43. The predicted molar refractivity (Wildman–Crippen MR) is 93.9 cm³/mol. The van der Waals surface area contributed by atoms with E-state index in [1.54, 1.807) is 0 Å². The summed E-state index contributed by atoms with van der Waals surface area (Å²) in [7, 11) is 2.07. The third kappa shape index (κ3) is 1.65. The second-order valence-corrected chi connectivity index (χ2v) is 6.84. The van der Waals surface area contributed by atoms with E-state index in [4.69, 9.17) is 4.98 Å². The molecule has 0 saturated carbocycles. The van der Waals surface area contributed by atoms with Crippen LogP contribution in [-0.4, -0.2) is 24.8 Å². The first-order valence-electron chi connectivity index (χ1n) is 7.96. The summed E-state index contributed by atoms with van der Waals surface area (Å²) in [5, 5.41) is 0. The van der Waals surface area contributed by atoms with Gasteiger partial charge in [0.05, 0.1) is 5.71 Å². The van der Waals surface area contributed by atoms with Crippen molar-refractivity contribution in [3.63, 3.8) is 0 Å². The fourth-order valence-electron chi connectivity index (χ4n) is 3.63. The average molecular weight is 308 g/mol. The van der Waals surface area contributed by atoms with Crippen molar-refractivity contribution in [2.24, 2.45) is 7.05 Å². The molecule has 0 bridgehead atoms. The van der Waals surface area contributed by atoms with Crippen LogP contribution in [0.5, 0.6) is 0 Å². The lowest BCUT2D eigenvalue weighted by Gasteiger charge is -2.18. The zero-order valence-electron chi connectivity index (χ0n) is 14.5. The largest absolute Gasteiger partial charge is 0.360 e. The number of aryl methyl sites for hydroxylation is 2. The van der Waals surface area contributed by atoms with Gasteiger partial charge in [-0.05, 0) is 39.8 Å². The Morgan fingerprint density at radius 2 is 1.74 bits per heavy atom. The molecule has 0 spiro atoms. The SMILES string of the molecule is CC1=[N+](c2c(C)nc(C)n2C)c2nc3ccccc3n2C1(C)C. The molecule has 1 aliphatic rings. The molecule has 1 aromatic carbocycles. The first kappa shape index (κ1) is 14.2. The molecule has 0 fully saturated rings. The van der Waals surface area contributed by atoms with Crippen LogP contribution in [0.25, 0.3) is 11.0 Å². The fourth-order valence-corrected chi connectivity index (χ4v) is 3.63. The summed E-state index contributed by atoms with van der Waals surface area (Å²) in [6.45, 7) is 10.8. The van der Waals surface area contributed by atoms with E-state index < -0.39 is 0 Å². The molecule has 3 aromatic rings. The van der Waals surface area contributed by atoms with Crippen molar-refractivity contribution in [1.29, 1.82) is 0 Å². The van der Waals surface area contributed by atoms with Gasteiger partial charge in [-0.3, -0.25) is 4.57 Å². The van der Waals surface area contributed by atoms with Gasteiger partial charge >= 0.3 is 5.95 Å². The van der Waals surface area contributed by atoms with Gasteiger partial charge in [-0.25, -0.2) is 9.55 Å². The number of para-hydroxylation sites is 2. The third-order valence-corrected chi connectivity index (χ3v) is 5.19. The first-order chi connectivity index (χ1) is 10.8. The number of hydrogen-bond donors (Lipinski definition) is 0. The van der Waals surface area contributed by atoms with Gasteiger partial charge in [0, 0.05) is 14.0 Å². The standard InChI is InChI=1S/C18H22N5/c1-11-16(21(6)13(3)19-11)22-12(2)18(4,5)23-15-10-8-7-9-14(15)20-17(22)23/h7-10H,1-6H3/q+1. The van der Waals surface area contributed by atoms with Gasteiger partial charge in [-0.2, -0.15) is 4.58 Å². The van der Waals surface area contributed by atoms with Gasteiger partial charge in [-0.15, -0.1) is 4.98 Å². The average Bonchev–Trinajstić information content (AvgIpc) is 3.05. The molecule has 23 heavy (non-hydrogen) atoms. The van der Waals surface area contributed by atoms with Crippen molar-refractivity contribution in [3.8, 4) is 0 Å². The number of nitrogens with zero attached hydrogens (tertiary/aromatic N) is 5. The van der Waals surface area contributed by atoms with Gasteiger partial charge in [0.25, 0.3) is 0 Å². The summed E-state index contributed by atoms with van der Waals surface area (Å²) in [4.78, 5) is 9.55. The zero-order chi connectivity index (χ0) is 16.5. The van der Waals surface area contributed by atoms with E-state index in [0.717, 1.165) is 28.8 Å². The molecule has 3 heterocycles. The van der Waals surface area contributed by atoms with Crippen LogP contribution in [0.4, 0.5) is 11.8 Å². The van der Waals surface area contributed by atoms with Gasteiger partial charge in [-0.1, -0.05) is 12.1 Å². The minimum Gasteiger partial charge on any atom is -0.265 e. The Kier molecular flexibility index (Phi) is 2.66. The Bertz CT molecular complexity index is 984. The maximum atomic E-state index is 4.92. The number of hydrogen-bond acceptors (Lipinski definition) is 2. The Labute approximate surface area is 135 Å². The molecule has 1 aliphatic heterocycles. The van der Waals surface area contributed by atoms with E-state index in [1.165, 1.54) is 11.2 Å². The molecule has 0 saturated heterocycles. The van der Waals surface area contributed by atoms with Crippen molar-refractivity contribution < 1.29 is 0 Å². The van der Waals surface area contributed by atoms with Crippen LogP contribution < -0.4 is 4.58 Å². The van der Waals surface area contributed by atoms with Crippen LogP contribution >= 0.6 is 0 Å². The van der Waals surface area contributed by atoms with Crippen LogP contribution in [-0.2, 0) is 12.6 Å². The first-order valence-corrected chi connectivity index (χ1v) is 7.96. The molecule has 5 nitrogen and oxygen atoms in total. The van der Waals surface area contributed by atoms with E-state index in [9.17, 15) is 0 Å². The fraction of sp³-hybridized carbons (Fsp3) is 0.389. The topological polar surface area (TPSA) is 38.6 Å². The Morgan fingerprint density at radius 1 is 1.04 bits per heavy atom. The summed E-state index contributed by atoms with van der Waals surface area (Å²) in [6.07, 6.45) is 0. The van der Waals surface area contributed by atoms with E-state index in [1.807, 2.05) is 13.0 Å². The smallest absolute Gasteiger partial charge is 0.265 e. The van der Waals surface area contributed by atoms with Gasteiger partial charge in [0.1, 0.15) is 22.6 Å². The van der Waals surface area contributed by atoms with E-state index >= 15 is 0 Å². The highest BCUT2D eigenvalue weighted by molar-refractivity contribution is 5.99. The number of rotatable bonds is 1. The van der Waals surface area contributed by atoms with E-state index in [0.29, 0.717) is 0 Å². The summed E-state index contributed by atoms with van der Waals surface area (Å²) < 4.78 is 6.73. The molecule has 118 valence electrons. The molecule has 5 heteroatoms. The van der Waals surface area contributed by atoms with Crippen LogP contribution in [0, 0.1) is 13.8 Å². The minimum atomic E-state index is -0.129. The second kappa shape index (κ2) is 4.31. The van der Waals surface area contributed by atoms with Gasteiger partial charge in [0.15, 0.2) is 5.52 Å². The van der Waals surface area contributed by atoms with Gasteiger partial charge in [0.2, 0.25) is 5.82 Å². The van der Waals surface area contributed by atoms with E-state index in [2.05, 4.69) is 71.6 Å². The lowest BCUT2D eigenvalue weighted by Crippen LogP contribution is -2.32. The number of imidazole rings is 2. The molecule has 0 aliphatic carbocycles. The van der Waals surface area contributed by atoms with Crippen LogP contribution in [0.3, 0.4) is 0 Å².